The van der Waals surface area contributed by atoms with Crippen molar-refractivity contribution in [2.24, 2.45) is 7.05 Å². The van der Waals surface area contributed by atoms with Gasteiger partial charge < -0.3 is 19.4 Å². The molecule has 1 atom stereocenters. The van der Waals surface area contributed by atoms with Gasteiger partial charge in [0.25, 0.3) is 0 Å². The van der Waals surface area contributed by atoms with Crippen LogP contribution in [0.25, 0.3) is 10.9 Å². The number of ether oxygens (including phenoxy) is 1. The number of nitrogens with zero attached hydrogens (tertiary/aromatic N) is 2. The number of aryl methyl sites for hydroxylation is 1. The molecule has 0 aliphatic carbocycles. The number of imidazole rings is 1. The minimum atomic E-state index is -1.47. The van der Waals surface area contributed by atoms with Gasteiger partial charge in [-0.05, 0) is 66.4 Å². The first-order valence-electron chi connectivity index (χ1n) is 11.2. The third kappa shape index (κ3) is 4.38. The summed E-state index contributed by atoms with van der Waals surface area (Å²) in [5.74, 6) is 0.792. The highest BCUT2D eigenvalue weighted by atomic mass is 35.5. The molecule has 0 aliphatic rings. The summed E-state index contributed by atoms with van der Waals surface area (Å²) >= 11 is 7.57. The molecular formula is C27H24ClN3O3S. The summed E-state index contributed by atoms with van der Waals surface area (Å²) in [4.78, 5) is 20.3. The van der Waals surface area contributed by atoms with Crippen molar-refractivity contribution in [1.82, 2.24) is 14.5 Å². The number of rotatable bonds is 7. The van der Waals surface area contributed by atoms with Crippen LogP contribution < -0.4 is 10.3 Å². The van der Waals surface area contributed by atoms with Crippen molar-refractivity contribution in [1.29, 1.82) is 0 Å². The normalized spacial score (nSPS) is 13.1. The fourth-order valence-corrected chi connectivity index (χ4v) is 5.62. The molecule has 5 rings (SSSR count). The maximum absolute atomic E-state index is 12.4. The second-order valence-electron chi connectivity index (χ2n) is 8.38. The monoisotopic (exact) mass is 505 g/mol. The summed E-state index contributed by atoms with van der Waals surface area (Å²) in [6.07, 6.45) is 3.86. The molecule has 0 saturated carbocycles. The van der Waals surface area contributed by atoms with Crippen molar-refractivity contribution in [3.63, 3.8) is 0 Å². The Morgan fingerprint density at radius 2 is 2.03 bits per heavy atom. The highest BCUT2D eigenvalue weighted by Gasteiger charge is 2.38. The minimum Gasteiger partial charge on any atom is -0.494 e. The molecule has 35 heavy (non-hydrogen) atoms. The molecular weight excluding hydrogens is 482 g/mol. The number of benzene rings is 2. The first-order chi connectivity index (χ1) is 16.9. The Morgan fingerprint density at radius 1 is 1.17 bits per heavy atom. The van der Waals surface area contributed by atoms with Crippen LogP contribution >= 0.6 is 22.9 Å². The van der Waals surface area contributed by atoms with Crippen LogP contribution in [-0.2, 0) is 19.1 Å². The van der Waals surface area contributed by atoms with Crippen molar-refractivity contribution >= 4 is 33.8 Å². The van der Waals surface area contributed by atoms with Gasteiger partial charge in [-0.15, -0.1) is 11.3 Å². The summed E-state index contributed by atoms with van der Waals surface area (Å²) in [6.45, 7) is 2.53. The van der Waals surface area contributed by atoms with Crippen LogP contribution in [0.15, 0.2) is 78.0 Å². The molecule has 0 bridgehead atoms. The van der Waals surface area contributed by atoms with Crippen LogP contribution in [0.4, 0.5) is 0 Å². The van der Waals surface area contributed by atoms with Crippen LogP contribution in [-0.4, -0.2) is 26.2 Å². The minimum absolute atomic E-state index is 0.173. The van der Waals surface area contributed by atoms with Gasteiger partial charge in [-0.2, -0.15) is 0 Å². The maximum Gasteiger partial charge on any atom is 0.248 e. The van der Waals surface area contributed by atoms with Crippen molar-refractivity contribution < 1.29 is 9.84 Å². The number of thiophene rings is 1. The van der Waals surface area contributed by atoms with Gasteiger partial charge in [0.1, 0.15) is 5.75 Å². The summed E-state index contributed by atoms with van der Waals surface area (Å²) < 4.78 is 8.02. The first-order valence-corrected chi connectivity index (χ1v) is 12.4. The van der Waals surface area contributed by atoms with E-state index in [0.717, 1.165) is 22.3 Å². The quantitative estimate of drug-likeness (QED) is 0.316. The number of aliphatic hydroxyl groups is 1. The van der Waals surface area contributed by atoms with E-state index in [9.17, 15) is 9.90 Å². The lowest BCUT2D eigenvalue weighted by Gasteiger charge is -2.28. The van der Waals surface area contributed by atoms with E-state index in [1.807, 2.05) is 62.5 Å². The van der Waals surface area contributed by atoms with E-state index in [-0.39, 0.29) is 5.56 Å². The third-order valence-electron chi connectivity index (χ3n) is 6.07. The Kier molecular flexibility index (Phi) is 6.23. The van der Waals surface area contributed by atoms with Crippen molar-refractivity contribution in [3.8, 4) is 5.75 Å². The Bertz CT molecular complexity index is 1570. The standard InChI is InChI=1S/C27H24ClN3O3S/c1-3-34-20-6-4-5-17(12-20)11-18-13-26(32)30-22-8-7-19(14-21(18)22)27(33,23-15-29-16-31(23)2)24-9-10-25(28)35-24/h4-10,12-16,33H,3,11H2,1-2H3,(H,30,32). The predicted octanol–water partition coefficient (Wildman–Crippen LogP) is 5.25. The lowest BCUT2D eigenvalue weighted by Crippen LogP contribution is -2.30. The van der Waals surface area contributed by atoms with Gasteiger partial charge in [-0.1, -0.05) is 29.8 Å². The Morgan fingerprint density at radius 3 is 2.74 bits per heavy atom. The Balaban J connectivity index is 1.68. The number of fused-ring (bicyclic) bond motifs is 1. The van der Waals surface area contributed by atoms with E-state index >= 15 is 0 Å². The van der Waals surface area contributed by atoms with Crippen molar-refractivity contribution in [2.75, 3.05) is 6.61 Å². The van der Waals surface area contributed by atoms with Crippen molar-refractivity contribution in [3.05, 3.63) is 115 Å². The molecule has 2 N–H and O–H groups in total. The second kappa shape index (κ2) is 9.34. The second-order valence-corrected chi connectivity index (χ2v) is 10.1. The van der Waals surface area contributed by atoms with E-state index in [1.165, 1.54) is 11.3 Å². The van der Waals surface area contributed by atoms with Crippen LogP contribution in [0.5, 0.6) is 5.75 Å². The average Bonchev–Trinajstić information content (AvgIpc) is 3.47. The van der Waals surface area contributed by atoms with Gasteiger partial charge in [0.05, 0.1) is 29.2 Å². The zero-order valence-corrected chi connectivity index (χ0v) is 20.9. The third-order valence-corrected chi connectivity index (χ3v) is 7.41. The SMILES string of the molecule is CCOc1cccc(Cc2cc(=O)[nH]c3ccc(C(O)(c4ccc(Cl)s4)c4cncn4C)cc23)c1. The molecule has 178 valence electrons. The number of halogens is 1. The molecule has 0 saturated heterocycles. The number of aromatic amines is 1. The highest BCUT2D eigenvalue weighted by Crippen LogP contribution is 2.42. The molecule has 1 unspecified atom stereocenters. The summed E-state index contributed by atoms with van der Waals surface area (Å²) in [5.41, 5.74) is 2.21. The Hall–Kier alpha value is -3.39. The predicted molar refractivity (Wildman–Crippen MR) is 140 cm³/mol. The molecule has 8 heteroatoms. The first kappa shape index (κ1) is 23.4. The number of aromatic nitrogens is 3. The van der Waals surface area contributed by atoms with Crippen LogP contribution in [0.1, 0.15) is 34.2 Å². The molecule has 3 heterocycles. The van der Waals surface area contributed by atoms with Crippen LogP contribution in [0.3, 0.4) is 0 Å². The molecule has 0 fully saturated rings. The van der Waals surface area contributed by atoms with E-state index in [0.29, 0.717) is 39.0 Å². The maximum atomic E-state index is 12.4. The van der Waals surface area contributed by atoms with Crippen LogP contribution in [0, 0.1) is 0 Å². The number of hydrogen-bond acceptors (Lipinski definition) is 5. The Labute approximate surface area is 211 Å². The molecule has 0 amide bonds. The summed E-state index contributed by atoms with van der Waals surface area (Å²) in [7, 11) is 1.85. The highest BCUT2D eigenvalue weighted by molar-refractivity contribution is 7.16. The fourth-order valence-electron chi connectivity index (χ4n) is 4.46. The molecule has 0 aliphatic heterocycles. The van der Waals surface area contributed by atoms with Gasteiger partial charge in [-0.25, -0.2) is 4.98 Å². The zero-order chi connectivity index (χ0) is 24.6. The number of nitrogens with one attached hydrogen (secondary N) is 1. The lowest BCUT2D eigenvalue weighted by molar-refractivity contribution is 0.121. The molecule has 0 radical (unpaired) electrons. The fraction of sp³-hybridized carbons (Fsp3) is 0.185. The number of pyridine rings is 1. The van der Waals surface area contributed by atoms with Gasteiger partial charge in [0.15, 0.2) is 5.60 Å². The molecule has 0 spiro atoms. The van der Waals surface area contributed by atoms with Crippen molar-refractivity contribution in [2.45, 2.75) is 18.9 Å². The molecule has 6 nitrogen and oxygen atoms in total. The van der Waals surface area contributed by atoms with Gasteiger partial charge in [0.2, 0.25) is 5.56 Å². The van der Waals surface area contributed by atoms with Gasteiger partial charge in [-0.3, -0.25) is 4.79 Å². The van der Waals surface area contributed by atoms with Gasteiger partial charge >= 0.3 is 0 Å². The molecule has 2 aromatic carbocycles. The molecule has 5 aromatic rings. The lowest BCUT2D eigenvalue weighted by atomic mass is 9.87. The average molecular weight is 506 g/mol. The topological polar surface area (TPSA) is 80.1 Å². The van der Waals surface area contributed by atoms with E-state index in [1.54, 1.807) is 29.2 Å². The molecule has 3 aromatic heterocycles. The van der Waals surface area contributed by atoms with Gasteiger partial charge in [0, 0.05) is 28.9 Å². The van der Waals surface area contributed by atoms with E-state index < -0.39 is 5.60 Å². The largest absolute Gasteiger partial charge is 0.494 e. The summed E-state index contributed by atoms with van der Waals surface area (Å²) in [5, 5.41) is 13.1. The van der Waals surface area contributed by atoms with E-state index in [2.05, 4.69) is 9.97 Å². The zero-order valence-electron chi connectivity index (χ0n) is 19.3. The van der Waals surface area contributed by atoms with Crippen LogP contribution in [0.2, 0.25) is 4.34 Å². The smallest absolute Gasteiger partial charge is 0.248 e. The van der Waals surface area contributed by atoms with E-state index in [4.69, 9.17) is 16.3 Å². The number of hydrogen-bond donors (Lipinski definition) is 2. The number of H-pyrrole nitrogens is 1. The summed E-state index contributed by atoms with van der Waals surface area (Å²) in [6, 6.07) is 18.7.